The van der Waals surface area contributed by atoms with Gasteiger partial charge in [0.15, 0.2) is 0 Å². The lowest BCUT2D eigenvalue weighted by atomic mass is 9.89. The summed E-state index contributed by atoms with van der Waals surface area (Å²) in [6.45, 7) is 0.849. The highest BCUT2D eigenvalue weighted by atomic mass is 32.1. The Labute approximate surface area is 147 Å². The first kappa shape index (κ1) is 15.6. The number of hydrogen-bond donors (Lipinski definition) is 1. The molecule has 122 valence electrons. The summed E-state index contributed by atoms with van der Waals surface area (Å²) in [6, 6.07) is 15.9. The van der Waals surface area contributed by atoms with Crippen molar-refractivity contribution in [2.75, 3.05) is 0 Å². The minimum Gasteiger partial charge on any atom is -0.301 e. The van der Waals surface area contributed by atoms with E-state index in [2.05, 4.69) is 58.1 Å². The summed E-state index contributed by atoms with van der Waals surface area (Å²) >= 11 is 1.82. The van der Waals surface area contributed by atoms with E-state index in [4.69, 9.17) is 0 Å². The largest absolute Gasteiger partial charge is 0.301 e. The molecule has 3 heteroatoms. The van der Waals surface area contributed by atoms with E-state index >= 15 is 0 Å². The van der Waals surface area contributed by atoms with E-state index < -0.39 is 0 Å². The van der Waals surface area contributed by atoms with E-state index in [0.717, 1.165) is 6.54 Å². The van der Waals surface area contributed by atoms with Gasteiger partial charge in [0.1, 0.15) is 0 Å². The summed E-state index contributed by atoms with van der Waals surface area (Å²) in [4.78, 5) is 5.48. The first-order valence-electron chi connectivity index (χ1n) is 8.67. The third-order valence-corrected chi connectivity index (χ3v) is 5.73. The molecule has 3 aromatic rings. The van der Waals surface area contributed by atoms with Crippen LogP contribution < -0.4 is 5.32 Å². The molecule has 1 unspecified atom stereocenters. The van der Waals surface area contributed by atoms with Gasteiger partial charge in [-0.3, -0.25) is 4.98 Å². The zero-order valence-electron chi connectivity index (χ0n) is 13.7. The number of pyridine rings is 1. The smallest absolute Gasteiger partial charge is 0.0673 e. The van der Waals surface area contributed by atoms with Gasteiger partial charge >= 0.3 is 0 Å². The fraction of sp³-hybridized carbons (Fsp3) is 0.286. The van der Waals surface area contributed by atoms with Crippen LogP contribution in [-0.2, 0) is 19.4 Å². The molecule has 1 atom stereocenters. The topological polar surface area (TPSA) is 24.9 Å². The second-order valence-electron chi connectivity index (χ2n) is 6.42. The van der Waals surface area contributed by atoms with Gasteiger partial charge in [0, 0.05) is 23.8 Å². The molecule has 0 fully saturated rings. The number of aromatic nitrogens is 1. The van der Waals surface area contributed by atoms with E-state index in [-0.39, 0.29) is 6.04 Å². The lowest BCUT2D eigenvalue weighted by Gasteiger charge is -2.22. The molecule has 1 N–H and O–H groups in total. The van der Waals surface area contributed by atoms with Crippen LogP contribution in [0.4, 0.5) is 0 Å². The van der Waals surface area contributed by atoms with Crippen molar-refractivity contribution < 1.29 is 0 Å². The summed E-state index contributed by atoms with van der Waals surface area (Å²) in [7, 11) is 0. The Hall–Kier alpha value is -1.97. The van der Waals surface area contributed by atoms with Crippen LogP contribution in [0.2, 0.25) is 0 Å². The van der Waals surface area contributed by atoms with Gasteiger partial charge in [0.2, 0.25) is 0 Å². The van der Waals surface area contributed by atoms with Gasteiger partial charge in [-0.15, -0.1) is 11.3 Å². The molecular weight excluding hydrogens is 312 g/mol. The molecule has 0 spiro atoms. The Bertz CT molecular complexity index is 781. The van der Waals surface area contributed by atoms with Crippen LogP contribution in [0.25, 0.3) is 0 Å². The second kappa shape index (κ2) is 7.29. The number of nitrogens with zero attached hydrogens (tertiary/aromatic N) is 1. The lowest BCUT2D eigenvalue weighted by molar-refractivity contribution is 0.609. The molecule has 0 saturated carbocycles. The van der Waals surface area contributed by atoms with Gasteiger partial charge in [-0.25, -0.2) is 0 Å². The quantitative estimate of drug-likeness (QED) is 0.718. The van der Waals surface area contributed by atoms with Crippen molar-refractivity contribution in [3.05, 3.63) is 87.4 Å². The Kier molecular flexibility index (Phi) is 4.72. The molecule has 0 amide bonds. The minimum absolute atomic E-state index is 0.255. The van der Waals surface area contributed by atoms with Gasteiger partial charge in [0.25, 0.3) is 0 Å². The Balaban J connectivity index is 1.61. The van der Waals surface area contributed by atoms with Crippen molar-refractivity contribution in [3.8, 4) is 0 Å². The van der Waals surface area contributed by atoms with Gasteiger partial charge in [0.05, 0.1) is 6.04 Å². The summed E-state index contributed by atoms with van der Waals surface area (Å²) in [5, 5.41) is 5.91. The van der Waals surface area contributed by atoms with E-state index in [0.29, 0.717) is 0 Å². The molecule has 2 heterocycles. The minimum atomic E-state index is 0.255. The molecule has 0 aliphatic heterocycles. The molecular formula is C21H22N2S. The Morgan fingerprint density at radius 1 is 1.00 bits per heavy atom. The average molecular weight is 334 g/mol. The van der Waals surface area contributed by atoms with Gasteiger partial charge in [-0.05, 0) is 71.5 Å². The third kappa shape index (κ3) is 3.42. The molecule has 0 bridgehead atoms. The predicted octanol–water partition coefficient (Wildman–Crippen LogP) is 4.90. The molecule has 4 rings (SSSR count). The normalized spacial score (nSPS) is 15.0. The van der Waals surface area contributed by atoms with E-state index in [1.165, 1.54) is 41.7 Å². The molecule has 0 radical (unpaired) electrons. The first-order valence-corrected chi connectivity index (χ1v) is 9.55. The zero-order valence-corrected chi connectivity index (χ0v) is 14.6. The summed E-state index contributed by atoms with van der Waals surface area (Å²) in [6.07, 6.45) is 8.84. The molecule has 24 heavy (non-hydrogen) atoms. The van der Waals surface area contributed by atoms with Crippen molar-refractivity contribution in [2.45, 2.75) is 38.3 Å². The molecule has 0 saturated heterocycles. The molecule has 1 aromatic carbocycles. The highest BCUT2D eigenvalue weighted by Gasteiger charge is 2.17. The predicted molar refractivity (Wildman–Crippen MR) is 100 cm³/mol. The van der Waals surface area contributed by atoms with Crippen molar-refractivity contribution in [1.82, 2.24) is 10.3 Å². The van der Waals surface area contributed by atoms with Crippen LogP contribution in [0, 0.1) is 0 Å². The number of fused-ring (bicyclic) bond motifs is 1. The standard InChI is InChI=1S/C21H22N2S/c1-2-5-18-14-19(8-7-17(18)4-1)21(20-6-3-13-24-20)23-15-16-9-11-22-12-10-16/h3,6-14,21,23H,1-2,4-5,15H2. The van der Waals surface area contributed by atoms with Crippen LogP contribution >= 0.6 is 11.3 Å². The van der Waals surface area contributed by atoms with Crippen molar-refractivity contribution in [2.24, 2.45) is 0 Å². The molecule has 1 aliphatic rings. The summed E-state index contributed by atoms with van der Waals surface area (Å²) in [5.74, 6) is 0. The number of hydrogen-bond acceptors (Lipinski definition) is 3. The van der Waals surface area contributed by atoms with Gasteiger partial charge in [-0.2, -0.15) is 0 Å². The van der Waals surface area contributed by atoms with Crippen molar-refractivity contribution >= 4 is 11.3 Å². The van der Waals surface area contributed by atoms with Gasteiger partial charge < -0.3 is 5.32 Å². The second-order valence-corrected chi connectivity index (χ2v) is 7.40. The maximum atomic E-state index is 4.10. The van der Waals surface area contributed by atoms with E-state index in [1.807, 2.05) is 23.7 Å². The highest BCUT2D eigenvalue weighted by molar-refractivity contribution is 7.10. The Morgan fingerprint density at radius 2 is 1.83 bits per heavy atom. The summed E-state index contributed by atoms with van der Waals surface area (Å²) in [5.41, 5.74) is 5.74. The first-order chi connectivity index (χ1) is 11.9. The number of benzene rings is 1. The van der Waals surface area contributed by atoms with Crippen LogP contribution in [0.1, 0.15) is 46.0 Å². The van der Waals surface area contributed by atoms with Crippen LogP contribution in [0.5, 0.6) is 0 Å². The average Bonchev–Trinajstić information content (AvgIpc) is 3.17. The molecule has 2 nitrogen and oxygen atoms in total. The lowest BCUT2D eigenvalue weighted by Crippen LogP contribution is -2.21. The fourth-order valence-corrected chi connectivity index (χ4v) is 4.32. The number of aryl methyl sites for hydroxylation is 2. The third-order valence-electron chi connectivity index (χ3n) is 4.79. The van der Waals surface area contributed by atoms with Gasteiger partial charge in [-0.1, -0.05) is 24.3 Å². The molecule has 2 aromatic heterocycles. The Morgan fingerprint density at radius 3 is 2.62 bits per heavy atom. The van der Waals surface area contributed by atoms with E-state index in [1.54, 1.807) is 11.1 Å². The fourth-order valence-electron chi connectivity index (χ4n) is 3.49. The van der Waals surface area contributed by atoms with Crippen molar-refractivity contribution in [3.63, 3.8) is 0 Å². The number of thiophene rings is 1. The zero-order chi connectivity index (χ0) is 16.2. The number of nitrogens with one attached hydrogen (secondary N) is 1. The highest BCUT2D eigenvalue weighted by Crippen LogP contribution is 2.30. The van der Waals surface area contributed by atoms with E-state index in [9.17, 15) is 0 Å². The molecule has 1 aliphatic carbocycles. The monoisotopic (exact) mass is 334 g/mol. The van der Waals surface area contributed by atoms with Crippen LogP contribution in [-0.4, -0.2) is 4.98 Å². The maximum Gasteiger partial charge on any atom is 0.0673 e. The van der Waals surface area contributed by atoms with Crippen LogP contribution in [0.15, 0.2) is 60.2 Å². The maximum absolute atomic E-state index is 4.10. The van der Waals surface area contributed by atoms with Crippen LogP contribution in [0.3, 0.4) is 0 Å². The SMILES string of the molecule is c1csc(C(NCc2ccncc2)c2ccc3c(c2)CCCC3)c1. The summed E-state index contributed by atoms with van der Waals surface area (Å²) < 4.78 is 0. The van der Waals surface area contributed by atoms with Crippen molar-refractivity contribution in [1.29, 1.82) is 0 Å². The number of rotatable bonds is 5.